The molecule has 2 aromatic heterocycles. The molecule has 0 aliphatic carbocycles. The van der Waals surface area contributed by atoms with Crippen LogP contribution in [0.15, 0.2) is 64.5 Å². The van der Waals surface area contributed by atoms with Crippen LogP contribution in [0.1, 0.15) is 5.56 Å². The number of rotatable bonds is 3. The summed E-state index contributed by atoms with van der Waals surface area (Å²) in [7, 11) is 0. The molecule has 0 spiro atoms. The highest BCUT2D eigenvalue weighted by atomic mass is 79.9. The standard InChI is InChI=1S/C14H11BrN4O/c15-13-7-16-10-18(14(13)20)8-11-6-17-19(9-11)12-4-2-1-3-5-12/h1-7,9-10H,8H2. The lowest BCUT2D eigenvalue weighted by Gasteiger charge is -2.03. The minimum Gasteiger partial charge on any atom is -0.294 e. The van der Waals surface area contributed by atoms with Gasteiger partial charge >= 0.3 is 0 Å². The highest BCUT2D eigenvalue weighted by Crippen LogP contribution is 2.08. The van der Waals surface area contributed by atoms with Gasteiger partial charge in [-0.1, -0.05) is 18.2 Å². The Morgan fingerprint density at radius 2 is 1.95 bits per heavy atom. The smallest absolute Gasteiger partial charge is 0.267 e. The van der Waals surface area contributed by atoms with Crippen molar-refractivity contribution in [2.24, 2.45) is 0 Å². The Bertz CT molecular complexity index is 779. The first kappa shape index (κ1) is 12.8. The van der Waals surface area contributed by atoms with Gasteiger partial charge in [0.1, 0.15) is 4.47 Å². The SMILES string of the molecule is O=c1c(Br)cncn1Cc1cnn(-c2ccccc2)c1. The summed E-state index contributed by atoms with van der Waals surface area (Å²) < 4.78 is 3.78. The van der Waals surface area contributed by atoms with E-state index in [9.17, 15) is 4.79 Å². The Morgan fingerprint density at radius 3 is 2.75 bits per heavy atom. The maximum absolute atomic E-state index is 11.9. The lowest BCUT2D eigenvalue weighted by Crippen LogP contribution is -2.21. The first-order valence-electron chi connectivity index (χ1n) is 6.03. The Kier molecular flexibility index (Phi) is 3.47. The third-order valence-corrected chi connectivity index (χ3v) is 3.41. The van der Waals surface area contributed by atoms with Crippen molar-refractivity contribution in [3.05, 3.63) is 75.6 Å². The van der Waals surface area contributed by atoms with Crippen molar-refractivity contribution in [3.63, 3.8) is 0 Å². The van der Waals surface area contributed by atoms with Gasteiger partial charge in [-0.15, -0.1) is 0 Å². The molecule has 20 heavy (non-hydrogen) atoms. The molecule has 0 N–H and O–H groups in total. The van der Waals surface area contributed by atoms with Crippen molar-refractivity contribution in [1.29, 1.82) is 0 Å². The summed E-state index contributed by atoms with van der Waals surface area (Å²) in [5.41, 5.74) is 1.82. The van der Waals surface area contributed by atoms with Crippen LogP contribution in [0.25, 0.3) is 5.69 Å². The number of benzene rings is 1. The van der Waals surface area contributed by atoms with E-state index < -0.39 is 0 Å². The van der Waals surface area contributed by atoms with Crippen molar-refractivity contribution >= 4 is 15.9 Å². The number of nitrogens with zero attached hydrogens (tertiary/aromatic N) is 4. The fraction of sp³-hybridized carbons (Fsp3) is 0.0714. The summed E-state index contributed by atoms with van der Waals surface area (Å²) in [6.45, 7) is 0.443. The zero-order chi connectivity index (χ0) is 13.9. The lowest BCUT2D eigenvalue weighted by molar-refractivity contribution is 0.730. The predicted octanol–water partition coefficient (Wildman–Crippen LogP) is 2.24. The normalized spacial score (nSPS) is 10.7. The number of hydrogen-bond donors (Lipinski definition) is 0. The third kappa shape index (κ3) is 2.55. The Morgan fingerprint density at radius 1 is 1.15 bits per heavy atom. The van der Waals surface area contributed by atoms with Crippen molar-refractivity contribution in [1.82, 2.24) is 19.3 Å². The van der Waals surface area contributed by atoms with E-state index in [2.05, 4.69) is 26.0 Å². The molecule has 2 heterocycles. The van der Waals surface area contributed by atoms with E-state index in [0.717, 1.165) is 11.3 Å². The molecule has 1 aromatic carbocycles. The maximum atomic E-state index is 11.9. The van der Waals surface area contributed by atoms with Gasteiger partial charge in [-0.25, -0.2) is 9.67 Å². The van der Waals surface area contributed by atoms with Crippen molar-refractivity contribution in [2.75, 3.05) is 0 Å². The molecule has 0 unspecified atom stereocenters. The zero-order valence-corrected chi connectivity index (χ0v) is 12.1. The summed E-state index contributed by atoms with van der Waals surface area (Å²) in [6, 6.07) is 9.83. The monoisotopic (exact) mass is 330 g/mol. The minimum atomic E-state index is -0.104. The Hall–Kier alpha value is -2.21. The number of para-hydroxylation sites is 1. The van der Waals surface area contributed by atoms with E-state index in [0.29, 0.717) is 11.0 Å². The summed E-state index contributed by atoms with van der Waals surface area (Å²) in [5, 5.41) is 4.30. The zero-order valence-electron chi connectivity index (χ0n) is 10.5. The molecular weight excluding hydrogens is 320 g/mol. The number of halogens is 1. The second-order valence-corrected chi connectivity index (χ2v) is 5.16. The molecule has 0 amide bonds. The number of hydrogen-bond acceptors (Lipinski definition) is 3. The highest BCUT2D eigenvalue weighted by molar-refractivity contribution is 9.10. The van der Waals surface area contributed by atoms with Crippen molar-refractivity contribution in [2.45, 2.75) is 6.54 Å². The first-order valence-corrected chi connectivity index (χ1v) is 6.82. The molecule has 100 valence electrons. The van der Waals surface area contributed by atoms with Crippen molar-refractivity contribution < 1.29 is 0 Å². The van der Waals surface area contributed by atoms with Gasteiger partial charge in [0.2, 0.25) is 0 Å². The third-order valence-electron chi connectivity index (χ3n) is 2.87. The molecule has 6 heteroatoms. The molecule has 3 aromatic rings. The molecule has 0 saturated carbocycles. The van der Waals surface area contributed by atoms with Crippen LogP contribution in [0, 0.1) is 0 Å². The quantitative estimate of drug-likeness (QED) is 0.740. The van der Waals surface area contributed by atoms with Gasteiger partial charge < -0.3 is 0 Å². The van der Waals surface area contributed by atoms with Gasteiger partial charge in [-0.05, 0) is 28.1 Å². The van der Waals surface area contributed by atoms with Crippen LogP contribution in [0.5, 0.6) is 0 Å². The minimum absolute atomic E-state index is 0.104. The van der Waals surface area contributed by atoms with Gasteiger partial charge in [0, 0.05) is 18.0 Å². The molecule has 5 nitrogen and oxygen atoms in total. The molecule has 0 aliphatic rings. The highest BCUT2D eigenvalue weighted by Gasteiger charge is 2.05. The van der Waals surface area contributed by atoms with Gasteiger partial charge in [0.25, 0.3) is 5.56 Å². The summed E-state index contributed by atoms with van der Waals surface area (Å²) in [6.07, 6.45) is 6.67. The fourth-order valence-electron chi connectivity index (χ4n) is 1.90. The van der Waals surface area contributed by atoms with Gasteiger partial charge in [-0.2, -0.15) is 5.10 Å². The second kappa shape index (κ2) is 5.42. The van der Waals surface area contributed by atoms with E-state index >= 15 is 0 Å². The fourth-order valence-corrected chi connectivity index (χ4v) is 2.24. The van der Waals surface area contributed by atoms with Crippen LogP contribution in [0.3, 0.4) is 0 Å². The average Bonchev–Trinajstić information content (AvgIpc) is 2.93. The lowest BCUT2D eigenvalue weighted by atomic mass is 10.3. The van der Waals surface area contributed by atoms with Gasteiger partial charge in [-0.3, -0.25) is 9.36 Å². The first-order chi connectivity index (χ1) is 9.74. The molecule has 0 atom stereocenters. The topological polar surface area (TPSA) is 52.7 Å². The van der Waals surface area contributed by atoms with Crippen LogP contribution >= 0.6 is 15.9 Å². The molecule has 0 saturated heterocycles. The molecule has 0 bridgehead atoms. The Labute approximate surface area is 123 Å². The summed E-state index contributed by atoms with van der Waals surface area (Å²) in [5.74, 6) is 0. The largest absolute Gasteiger partial charge is 0.294 e. The predicted molar refractivity (Wildman–Crippen MR) is 78.9 cm³/mol. The summed E-state index contributed by atoms with van der Waals surface area (Å²) in [4.78, 5) is 15.9. The average molecular weight is 331 g/mol. The molecule has 3 rings (SSSR count). The van der Waals surface area contributed by atoms with Crippen LogP contribution in [0.2, 0.25) is 0 Å². The van der Waals surface area contributed by atoms with Crippen LogP contribution in [0.4, 0.5) is 0 Å². The molecular formula is C14H11BrN4O. The second-order valence-electron chi connectivity index (χ2n) is 4.30. The number of aromatic nitrogens is 4. The van der Waals surface area contributed by atoms with Crippen LogP contribution in [-0.2, 0) is 6.54 Å². The molecule has 0 fully saturated rings. The van der Waals surface area contributed by atoms with E-state index in [1.807, 2.05) is 36.5 Å². The van der Waals surface area contributed by atoms with Gasteiger partial charge in [0.05, 0.1) is 24.8 Å². The van der Waals surface area contributed by atoms with Crippen LogP contribution < -0.4 is 5.56 Å². The van der Waals surface area contributed by atoms with Gasteiger partial charge in [0.15, 0.2) is 0 Å². The Balaban J connectivity index is 1.88. The van der Waals surface area contributed by atoms with Crippen molar-refractivity contribution in [3.8, 4) is 5.69 Å². The van der Waals surface area contributed by atoms with E-state index in [-0.39, 0.29) is 5.56 Å². The summed E-state index contributed by atoms with van der Waals surface area (Å²) >= 11 is 3.18. The maximum Gasteiger partial charge on any atom is 0.267 e. The van der Waals surface area contributed by atoms with E-state index in [4.69, 9.17) is 0 Å². The van der Waals surface area contributed by atoms with Crippen LogP contribution in [-0.4, -0.2) is 19.3 Å². The van der Waals surface area contributed by atoms with E-state index in [1.165, 1.54) is 17.1 Å². The molecule has 0 radical (unpaired) electrons. The van der Waals surface area contributed by atoms with E-state index in [1.54, 1.807) is 10.9 Å². The molecule has 0 aliphatic heterocycles.